The van der Waals surface area contributed by atoms with Gasteiger partial charge in [-0.3, -0.25) is 0 Å². The molecule has 0 spiro atoms. The van der Waals surface area contributed by atoms with Crippen LogP contribution in [0.5, 0.6) is 0 Å². The summed E-state index contributed by atoms with van der Waals surface area (Å²) >= 11 is 0. The molecule has 0 saturated carbocycles. The standard InChI is InChI=1S/C30H54O13/c1-27(2,3)42-24-17(14-31)41-26(22(35)20(24)33)30(8,9)39-15-28(4,5)43-23-16(13-18-37-11-12-38-18)40-25(21(34)19(23)32)29(6,7)36-10/h14,16-26,32-35H,11-13,15H2,1-10H3/t16?,17?,19?,20?,21?,22?,23-,24-,25?,26?/m1/s1. The van der Waals surface area contributed by atoms with Crippen LogP contribution in [0.3, 0.4) is 0 Å². The molecule has 3 rings (SSSR count). The largest absolute Gasteiger partial charge is 0.387 e. The van der Waals surface area contributed by atoms with E-state index >= 15 is 0 Å². The highest BCUT2D eigenvalue weighted by Gasteiger charge is 2.54. The van der Waals surface area contributed by atoms with Crippen LogP contribution in [0, 0.1) is 0 Å². The Labute approximate surface area is 255 Å². The number of carbonyl (C=O) groups excluding carboxylic acids is 1. The number of methoxy groups -OCH3 is 1. The van der Waals surface area contributed by atoms with Gasteiger partial charge in [0, 0.05) is 13.5 Å². The van der Waals surface area contributed by atoms with Crippen LogP contribution < -0.4 is 0 Å². The number of aliphatic hydroxyl groups is 4. The van der Waals surface area contributed by atoms with Crippen molar-refractivity contribution in [3.8, 4) is 0 Å². The second kappa shape index (κ2) is 13.9. The van der Waals surface area contributed by atoms with Crippen molar-refractivity contribution in [1.82, 2.24) is 0 Å². The predicted octanol–water partition coefficient (Wildman–Crippen LogP) is 0.494. The summed E-state index contributed by atoms with van der Waals surface area (Å²) in [5, 5.41) is 44.2. The van der Waals surface area contributed by atoms with Crippen LogP contribution in [-0.2, 0) is 42.7 Å². The normalized spacial score (nSPS) is 37.1. The number of rotatable bonds is 12. The topological polar surface area (TPSA) is 172 Å². The second-order valence-corrected chi connectivity index (χ2v) is 14.4. The Hall–Kier alpha value is -0.810. The van der Waals surface area contributed by atoms with Gasteiger partial charge in [0.2, 0.25) is 0 Å². The van der Waals surface area contributed by atoms with Gasteiger partial charge in [0.25, 0.3) is 0 Å². The van der Waals surface area contributed by atoms with E-state index in [9.17, 15) is 25.2 Å². The van der Waals surface area contributed by atoms with Crippen molar-refractivity contribution in [2.45, 2.75) is 158 Å². The number of carbonyl (C=O) groups is 1. The van der Waals surface area contributed by atoms with Gasteiger partial charge in [-0.2, -0.15) is 0 Å². The highest BCUT2D eigenvalue weighted by molar-refractivity contribution is 5.58. The maximum Gasteiger partial charge on any atom is 0.160 e. The van der Waals surface area contributed by atoms with Crippen LogP contribution in [-0.4, -0.2) is 143 Å². The van der Waals surface area contributed by atoms with Crippen LogP contribution >= 0.6 is 0 Å². The molecule has 0 aromatic heterocycles. The smallest absolute Gasteiger partial charge is 0.160 e. The van der Waals surface area contributed by atoms with Gasteiger partial charge in [-0.25, -0.2) is 0 Å². The van der Waals surface area contributed by atoms with Crippen molar-refractivity contribution in [3.63, 3.8) is 0 Å². The molecule has 3 aliphatic rings. The first kappa shape index (κ1) is 36.7. The predicted molar refractivity (Wildman–Crippen MR) is 152 cm³/mol. The molecule has 252 valence electrons. The lowest BCUT2D eigenvalue weighted by atomic mass is 9.85. The maximum atomic E-state index is 11.9. The lowest BCUT2D eigenvalue weighted by Gasteiger charge is -2.50. The average Bonchev–Trinajstić information content (AvgIpc) is 3.42. The first-order valence-corrected chi connectivity index (χ1v) is 15.0. The molecule has 10 atom stereocenters. The van der Waals surface area contributed by atoms with Gasteiger partial charge in [0.05, 0.1) is 48.3 Å². The Morgan fingerprint density at radius 1 is 0.744 bits per heavy atom. The molecule has 3 fully saturated rings. The highest BCUT2D eigenvalue weighted by Crippen LogP contribution is 2.37. The van der Waals surface area contributed by atoms with Gasteiger partial charge in [0.1, 0.15) is 54.9 Å². The highest BCUT2D eigenvalue weighted by atomic mass is 16.7. The lowest BCUT2D eigenvalue weighted by Crippen LogP contribution is -2.66. The maximum absolute atomic E-state index is 11.9. The molecule has 4 N–H and O–H groups in total. The molecule has 0 radical (unpaired) electrons. The molecule has 0 aliphatic carbocycles. The lowest BCUT2D eigenvalue weighted by molar-refractivity contribution is -0.305. The van der Waals surface area contributed by atoms with E-state index in [0.29, 0.717) is 19.5 Å². The van der Waals surface area contributed by atoms with Gasteiger partial charge in [-0.1, -0.05) is 0 Å². The van der Waals surface area contributed by atoms with E-state index in [1.165, 1.54) is 7.11 Å². The van der Waals surface area contributed by atoms with Crippen molar-refractivity contribution < 1.29 is 63.1 Å². The van der Waals surface area contributed by atoms with Crippen molar-refractivity contribution in [2.24, 2.45) is 0 Å². The summed E-state index contributed by atoms with van der Waals surface area (Å²) in [5.74, 6) is 0. The van der Waals surface area contributed by atoms with Gasteiger partial charge in [-0.15, -0.1) is 0 Å². The quantitative estimate of drug-likeness (QED) is 0.222. The second-order valence-electron chi connectivity index (χ2n) is 14.4. The zero-order chi connectivity index (χ0) is 32.5. The third kappa shape index (κ3) is 8.93. The van der Waals surface area contributed by atoms with E-state index in [-0.39, 0.29) is 13.0 Å². The fourth-order valence-electron chi connectivity index (χ4n) is 5.67. The monoisotopic (exact) mass is 622 g/mol. The number of hydrogen-bond donors (Lipinski definition) is 4. The van der Waals surface area contributed by atoms with E-state index in [4.69, 9.17) is 37.9 Å². The third-order valence-electron chi connectivity index (χ3n) is 8.19. The van der Waals surface area contributed by atoms with Gasteiger partial charge >= 0.3 is 0 Å². The van der Waals surface area contributed by atoms with E-state index < -0.39 is 89.7 Å². The van der Waals surface area contributed by atoms with Crippen LogP contribution in [0.25, 0.3) is 0 Å². The number of hydrogen-bond acceptors (Lipinski definition) is 13. The molecule has 43 heavy (non-hydrogen) atoms. The Kier molecular flexibility index (Phi) is 11.8. The minimum Gasteiger partial charge on any atom is -0.387 e. The molecule has 13 heteroatoms. The summed E-state index contributed by atoms with van der Waals surface area (Å²) in [6.45, 7) is 16.5. The Morgan fingerprint density at radius 3 is 1.79 bits per heavy atom. The summed E-state index contributed by atoms with van der Waals surface area (Å²) < 4.78 is 47.4. The molecule has 3 saturated heterocycles. The minimum atomic E-state index is -1.41. The molecule has 0 aromatic rings. The van der Waals surface area contributed by atoms with E-state index in [1.54, 1.807) is 62.3 Å². The molecular weight excluding hydrogens is 568 g/mol. The minimum absolute atomic E-state index is 0.0498. The summed E-state index contributed by atoms with van der Waals surface area (Å²) in [5.41, 5.74) is -3.85. The summed E-state index contributed by atoms with van der Waals surface area (Å²) in [7, 11) is 1.51. The SMILES string of the molecule is COC(C)(C)C1OC(CC2OCCO2)[C@@H](OC(C)(C)COC(C)(C)C2OC(C=O)[C@@H](OC(C)(C)C)C(O)C2O)C(O)C1O. The summed E-state index contributed by atoms with van der Waals surface area (Å²) in [4.78, 5) is 11.9. The number of aldehydes is 1. The van der Waals surface area contributed by atoms with E-state index in [1.807, 2.05) is 0 Å². The van der Waals surface area contributed by atoms with E-state index in [2.05, 4.69) is 0 Å². The Balaban J connectivity index is 1.73. The Morgan fingerprint density at radius 2 is 1.28 bits per heavy atom. The van der Waals surface area contributed by atoms with Crippen LogP contribution in [0.1, 0.15) is 68.7 Å². The third-order valence-corrected chi connectivity index (χ3v) is 8.19. The molecule has 0 aromatic carbocycles. The number of ether oxygens (including phenoxy) is 8. The summed E-state index contributed by atoms with van der Waals surface area (Å²) in [6, 6.07) is 0. The van der Waals surface area contributed by atoms with Crippen molar-refractivity contribution in [2.75, 3.05) is 26.9 Å². The van der Waals surface area contributed by atoms with Crippen molar-refractivity contribution in [3.05, 3.63) is 0 Å². The van der Waals surface area contributed by atoms with Gasteiger partial charge in [-0.05, 0) is 62.3 Å². The Bertz CT molecular complexity index is 897. The zero-order valence-electron chi connectivity index (χ0n) is 27.2. The van der Waals surface area contributed by atoms with Gasteiger partial charge in [0.15, 0.2) is 12.6 Å². The van der Waals surface area contributed by atoms with Crippen LogP contribution in [0.15, 0.2) is 0 Å². The van der Waals surface area contributed by atoms with Crippen LogP contribution in [0.4, 0.5) is 0 Å². The first-order valence-electron chi connectivity index (χ1n) is 15.0. The van der Waals surface area contributed by atoms with Crippen LogP contribution in [0.2, 0.25) is 0 Å². The molecule has 3 aliphatic heterocycles. The van der Waals surface area contributed by atoms with Gasteiger partial charge < -0.3 is 63.1 Å². The zero-order valence-corrected chi connectivity index (χ0v) is 27.2. The molecule has 8 unspecified atom stereocenters. The van der Waals surface area contributed by atoms with Crippen molar-refractivity contribution in [1.29, 1.82) is 0 Å². The summed E-state index contributed by atoms with van der Waals surface area (Å²) in [6.07, 6.45) is -11.1. The van der Waals surface area contributed by atoms with E-state index in [0.717, 1.165) is 0 Å². The fourth-order valence-corrected chi connectivity index (χ4v) is 5.67. The van der Waals surface area contributed by atoms with Crippen molar-refractivity contribution >= 4 is 6.29 Å². The molecule has 13 nitrogen and oxygen atoms in total. The fraction of sp³-hybridized carbons (Fsp3) is 0.967. The average molecular weight is 623 g/mol. The first-order chi connectivity index (χ1) is 19.7. The molecule has 0 bridgehead atoms. The molecule has 3 heterocycles. The number of aliphatic hydroxyl groups excluding tert-OH is 4. The molecular formula is C30H54O13. The molecule has 0 amide bonds.